The zero-order valence-electron chi connectivity index (χ0n) is 20.5. The third-order valence-corrected chi connectivity index (χ3v) is 5.97. The Morgan fingerprint density at radius 1 is 0.552 bits per heavy atom. The van der Waals surface area contributed by atoms with Crippen LogP contribution < -0.4 is 0 Å². The van der Waals surface area contributed by atoms with Crippen LogP contribution in [-0.2, 0) is 10.1 Å². The number of hydrogen-bond acceptors (Lipinski definition) is 3. The summed E-state index contributed by atoms with van der Waals surface area (Å²) in [5, 5.41) is 0. The molecule has 178 valence electrons. The molecular formula is C24H53NO3S. The molecule has 0 aromatic heterocycles. The molecule has 29 heavy (non-hydrogen) atoms. The summed E-state index contributed by atoms with van der Waals surface area (Å²) in [6.07, 6.45) is 22.6. The number of nitrogens with zero attached hydrogens (tertiary/aromatic N) is 1. The van der Waals surface area contributed by atoms with E-state index in [0.29, 0.717) is 6.42 Å². The molecule has 0 fully saturated rings. The lowest BCUT2D eigenvalue weighted by molar-refractivity contribution is -0.870. The van der Waals surface area contributed by atoms with Crippen LogP contribution in [0.15, 0.2) is 0 Å². The smallest absolute Gasteiger partial charge is 0.0945 e. The Labute approximate surface area is 184 Å². The van der Waals surface area contributed by atoms with E-state index < -0.39 is 10.1 Å². The summed E-state index contributed by atoms with van der Waals surface area (Å²) in [6.45, 7) is 5.58. The third kappa shape index (κ3) is 35.7. The van der Waals surface area contributed by atoms with Crippen molar-refractivity contribution in [1.29, 1.82) is 0 Å². The van der Waals surface area contributed by atoms with Crippen molar-refractivity contribution in [3.05, 3.63) is 0 Å². The minimum Gasteiger partial charge on any atom is -0.748 e. The molecule has 0 unspecified atom stereocenters. The summed E-state index contributed by atoms with van der Waals surface area (Å²) in [4.78, 5) is 0. The molecular weight excluding hydrogens is 382 g/mol. The second-order valence-corrected chi connectivity index (χ2v) is 11.1. The number of unbranched alkanes of at least 4 members (excludes halogenated alkanes) is 15. The van der Waals surface area contributed by atoms with Crippen molar-refractivity contribution in [3.63, 3.8) is 0 Å². The van der Waals surface area contributed by atoms with Gasteiger partial charge in [-0.15, -0.1) is 0 Å². The normalized spacial score (nSPS) is 11.9. The molecule has 0 aliphatic heterocycles. The van der Waals surface area contributed by atoms with Gasteiger partial charge in [0.1, 0.15) is 0 Å². The third-order valence-electron chi connectivity index (χ3n) is 5.18. The van der Waals surface area contributed by atoms with Crippen LogP contribution in [0.3, 0.4) is 0 Å². The highest BCUT2D eigenvalue weighted by Gasteiger charge is 2.04. The number of quaternary nitrogens is 1. The van der Waals surface area contributed by atoms with Crippen LogP contribution in [0.2, 0.25) is 0 Å². The minimum atomic E-state index is -3.95. The van der Waals surface area contributed by atoms with Gasteiger partial charge in [-0.05, 0) is 19.3 Å². The van der Waals surface area contributed by atoms with Gasteiger partial charge in [0.2, 0.25) is 0 Å². The fourth-order valence-electron chi connectivity index (χ4n) is 3.31. The fourth-order valence-corrected chi connectivity index (χ4v) is 3.87. The first-order chi connectivity index (χ1) is 13.6. The van der Waals surface area contributed by atoms with Crippen molar-refractivity contribution < 1.29 is 17.5 Å². The molecule has 4 nitrogen and oxygen atoms in total. The van der Waals surface area contributed by atoms with E-state index in [0.717, 1.165) is 17.3 Å². The van der Waals surface area contributed by atoms with E-state index in [2.05, 4.69) is 28.1 Å². The highest BCUT2D eigenvalue weighted by molar-refractivity contribution is 7.85. The van der Waals surface area contributed by atoms with Crippen LogP contribution in [0, 0.1) is 0 Å². The molecule has 0 radical (unpaired) electrons. The van der Waals surface area contributed by atoms with Crippen LogP contribution in [0.25, 0.3) is 0 Å². The van der Waals surface area contributed by atoms with E-state index in [1.54, 1.807) is 0 Å². The van der Waals surface area contributed by atoms with E-state index in [9.17, 15) is 13.0 Å². The van der Waals surface area contributed by atoms with Gasteiger partial charge in [0.25, 0.3) is 0 Å². The maximum Gasteiger partial charge on any atom is 0.0945 e. The largest absolute Gasteiger partial charge is 0.748 e. The van der Waals surface area contributed by atoms with E-state index in [1.165, 1.54) is 96.4 Å². The Bertz CT molecular complexity index is 416. The van der Waals surface area contributed by atoms with Crippen molar-refractivity contribution in [1.82, 2.24) is 0 Å². The highest BCUT2D eigenvalue weighted by Crippen LogP contribution is 2.13. The molecule has 0 saturated heterocycles. The molecule has 0 bridgehead atoms. The molecule has 5 heteroatoms. The Kier molecular flexibility index (Phi) is 22.6. The van der Waals surface area contributed by atoms with Crippen molar-refractivity contribution in [2.75, 3.05) is 33.4 Å². The van der Waals surface area contributed by atoms with Crippen molar-refractivity contribution in [3.8, 4) is 0 Å². The summed E-state index contributed by atoms with van der Waals surface area (Å²) in [5.74, 6) is -0.208. The Morgan fingerprint density at radius 2 is 0.862 bits per heavy atom. The molecule has 0 aliphatic rings. The average Bonchev–Trinajstić information content (AvgIpc) is 2.61. The Morgan fingerprint density at radius 3 is 1.17 bits per heavy atom. The van der Waals surface area contributed by atoms with Crippen molar-refractivity contribution in [2.45, 2.75) is 123 Å². The van der Waals surface area contributed by atoms with Gasteiger partial charge in [-0.25, -0.2) is 8.42 Å². The molecule has 0 amide bonds. The average molecular weight is 436 g/mol. The maximum absolute atomic E-state index is 9.95. The SMILES string of the molecule is CCCCCCCCCCCCCCCC[N+](C)(C)C.CCCCCS(=O)(=O)[O-]. The van der Waals surface area contributed by atoms with Gasteiger partial charge < -0.3 is 9.04 Å². The van der Waals surface area contributed by atoms with Gasteiger partial charge in [0.15, 0.2) is 0 Å². The van der Waals surface area contributed by atoms with Crippen LogP contribution in [0.1, 0.15) is 123 Å². The second kappa shape index (κ2) is 21.1. The topological polar surface area (TPSA) is 57.2 Å². The van der Waals surface area contributed by atoms with E-state index in [1.807, 2.05) is 6.92 Å². The lowest BCUT2D eigenvalue weighted by Crippen LogP contribution is -2.35. The predicted molar refractivity (Wildman–Crippen MR) is 127 cm³/mol. The lowest BCUT2D eigenvalue weighted by Gasteiger charge is -2.23. The summed E-state index contributed by atoms with van der Waals surface area (Å²) >= 11 is 0. The summed E-state index contributed by atoms with van der Waals surface area (Å²) in [7, 11) is 2.94. The zero-order valence-corrected chi connectivity index (χ0v) is 21.3. The van der Waals surface area contributed by atoms with Gasteiger partial charge in [-0.3, -0.25) is 0 Å². The monoisotopic (exact) mass is 435 g/mol. The van der Waals surface area contributed by atoms with Crippen LogP contribution in [0.5, 0.6) is 0 Å². The molecule has 0 heterocycles. The highest BCUT2D eigenvalue weighted by atomic mass is 32.2. The first-order valence-electron chi connectivity index (χ1n) is 12.4. The standard InChI is InChI=1S/C19H42N.C5H12O3S/c1-5-6-7-8-9-10-11-12-13-14-15-16-17-18-19-20(2,3)4;1-2-3-4-5-9(6,7)8/h5-19H2,1-4H3;2-5H2,1H3,(H,6,7,8)/q+1;/p-1. The molecule has 0 rings (SSSR count). The molecule has 0 saturated carbocycles. The number of rotatable bonds is 19. The molecule has 0 spiro atoms. The van der Waals surface area contributed by atoms with Crippen LogP contribution in [0.4, 0.5) is 0 Å². The molecule has 0 N–H and O–H groups in total. The van der Waals surface area contributed by atoms with Gasteiger partial charge in [-0.1, -0.05) is 104 Å². The fraction of sp³-hybridized carbons (Fsp3) is 1.00. The summed E-state index contributed by atoms with van der Waals surface area (Å²) in [6, 6.07) is 0. The van der Waals surface area contributed by atoms with Gasteiger partial charge >= 0.3 is 0 Å². The van der Waals surface area contributed by atoms with Gasteiger partial charge in [0.05, 0.1) is 37.8 Å². The van der Waals surface area contributed by atoms with E-state index in [-0.39, 0.29) is 5.75 Å². The van der Waals surface area contributed by atoms with Crippen molar-refractivity contribution in [2.24, 2.45) is 0 Å². The summed E-state index contributed by atoms with van der Waals surface area (Å²) in [5.41, 5.74) is 0. The van der Waals surface area contributed by atoms with Gasteiger partial charge in [0, 0.05) is 5.75 Å². The first-order valence-corrected chi connectivity index (χ1v) is 13.9. The minimum absolute atomic E-state index is 0.208. The van der Waals surface area contributed by atoms with E-state index in [4.69, 9.17) is 0 Å². The molecule has 0 atom stereocenters. The Hall–Kier alpha value is -0.130. The first kappa shape index (κ1) is 31.1. The molecule has 0 aromatic carbocycles. The van der Waals surface area contributed by atoms with Crippen LogP contribution >= 0.6 is 0 Å². The predicted octanol–water partition coefficient (Wildman–Crippen LogP) is 6.90. The van der Waals surface area contributed by atoms with Crippen LogP contribution in [-0.4, -0.2) is 50.9 Å². The quantitative estimate of drug-likeness (QED) is 0.126. The summed E-state index contributed by atoms with van der Waals surface area (Å²) < 4.78 is 31.0. The van der Waals surface area contributed by atoms with Crippen molar-refractivity contribution >= 4 is 10.1 Å². The zero-order chi connectivity index (χ0) is 22.4. The number of hydrogen-bond donors (Lipinski definition) is 0. The van der Waals surface area contributed by atoms with Gasteiger partial charge in [-0.2, -0.15) is 0 Å². The van der Waals surface area contributed by atoms with E-state index >= 15 is 0 Å². The second-order valence-electron chi connectivity index (χ2n) is 9.58. The lowest BCUT2D eigenvalue weighted by atomic mass is 10.0. The molecule has 0 aliphatic carbocycles. The molecule has 0 aromatic rings. The Balaban J connectivity index is 0. The maximum atomic E-state index is 9.95.